The number of carboxylic acids is 1. The monoisotopic (exact) mass is 393 g/mol. The van der Waals surface area contributed by atoms with Gasteiger partial charge in [-0.2, -0.15) is 0 Å². The van der Waals surface area contributed by atoms with Crippen LogP contribution in [0.4, 0.5) is 5.69 Å². The van der Waals surface area contributed by atoms with Gasteiger partial charge in [-0.05, 0) is 79.5 Å². The molecular formula is C25H31NO3. The van der Waals surface area contributed by atoms with Crippen molar-refractivity contribution in [3.63, 3.8) is 0 Å². The summed E-state index contributed by atoms with van der Waals surface area (Å²) in [5, 5.41) is 11.8. The third kappa shape index (κ3) is 5.93. The van der Waals surface area contributed by atoms with Crippen LogP contribution in [-0.2, 0) is 0 Å². The van der Waals surface area contributed by atoms with E-state index in [0.717, 1.165) is 5.92 Å². The number of rotatable bonds is 8. The Morgan fingerprint density at radius 3 is 2.10 bits per heavy atom. The van der Waals surface area contributed by atoms with Crippen LogP contribution in [0.25, 0.3) is 0 Å². The van der Waals surface area contributed by atoms with Crippen LogP contribution >= 0.6 is 0 Å². The molecule has 2 aromatic rings. The topological polar surface area (TPSA) is 66.4 Å². The second kappa shape index (κ2) is 10.2. The Kier molecular flexibility index (Phi) is 7.45. The zero-order valence-corrected chi connectivity index (χ0v) is 17.2. The summed E-state index contributed by atoms with van der Waals surface area (Å²) in [6.07, 6.45) is 10.5. The molecule has 0 radical (unpaired) electrons. The van der Waals surface area contributed by atoms with E-state index in [9.17, 15) is 9.59 Å². The molecule has 0 atom stereocenters. The van der Waals surface area contributed by atoms with E-state index in [1.165, 1.54) is 69.1 Å². The molecule has 0 saturated heterocycles. The number of carboxylic acid groups (broad SMARTS) is 1. The van der Waals surface area contributed by atoms with Crippen molar-refractivity contribution in [1.29, 1.82) is 0 Å². The van der Waals surface area contributed by atoms with Crippen molar-refractivity contribution in [1.82, 2.24) is 0 Å². The molecule has 0 unspecified atom stereocenters. The Hall–Kier alpha value is -2.62. The van der Waals surface area contributed by atoms with Gasteiger partial charge in [0, 0.05) is 11.3 Å². The smallest absolute Gasteiger partial charge is 0.335 e. The minimum absolute atomic E-state index is 0.181. The molecule has 0 spiro atoms. The number of benzene rings is 2. The highest BCUT2D eigenvalue weighted by atomic mass is 16.4. The van der Waals surface area contributed by atoms with E-state index < -0.39 is 5.97 Å². The number of aromatic carboxylic acids is 1. The molecule has 29 heavy (non-hydrogen) atoms. The van der Waals surface area contributed by atoms with Gasteiger partial charge in [0.25, 0.3) is 5.91 Å². The maximum Gasteiger partial charge on any atom is 0.335 e. The van der Waals surface area contributed by atoms with Crippen molar-refractivity contribution in [2.45, 2.75) is 64.2 Å². The SMILES string of the molecule is CCCCCC1CCC(c2ccc(C(=O)Nc3ccc(C(=O)O)cc3)cc2)CC1. The van der Waals surface area contributed by atoms with E-state index in [-0.39, 0.29) is 11.5 Å². The number of amides is 1. The van der Waals surface area contributed by atoms with E-state index in [1.807, 2.05) is 12.1 Å². The van der Waals surface area contributed by atoms with Gasteiger partial charge in [0.1, 0.15) is 0 Å². The summed E-state index contributed by atoms with van der Waals surface area (Å²) < 4.78 is 0. The van der Waals surface area contributed by atoms with Crippen molar-refractivity contribution in [2.75, 3.05) is 5.32 Å². The van der Waals surface area contributed by atoms with Gasteiger partial charge in [-0.3, -0.25) is 4.79 Å². The first-order valence-corrected chi connectivity index (χ1v) is 10.8. The summed E-state index contributed by atoms with van der Waals surface area (Å²) in [5.74, 6) is 0.348. The predicted octanol–water partition coefficient (Wildman–Crippen LogP) is 6.49. The quantitative estimate of drug-likeness (QED) is 0.504. The lowest BCUT2D eigenvalue weighted by Crippen LogP contribution is -2.14. The number of carbonyl (C=O) groups is 2. The number of hydrogen-bond acceptors (Lipinski definition) is 2. The lowest BCUT2D eigenvalue weighted by Gasteiger charge is -2.29. The van der Waals surface area contributed by atoms with Crippen LogP contribution in [0.5, 0.6) is 0 Å². The van der Waals surface area contributed by atoms with Crippen molar-refractivity contribution in [3.05, 3.63) is 65.2 Å². The first-order chi connectivity index (χ1) is 14.1. The van der Waals surface area contributed by atoms with E-state index in [0.29, 0.717) is 17.2 Å². The van der Waals surface area contributed by atoms with Crippen LogP contribution in [0, 0.1) is 5.92 Å². The van der Waals surface area contributed by atoms with Gasteiger partial charge in [0.05, 0.1) is 5.56 Å². The van der Waals surface area contributed by atoms with Gasteiger partial charge < -0.3 is 10.4 Å². The Morgan fingerprint density at radius 1 is 0.897 bits per heavy atom. The summed E-state index contributed by atoms with van der Waals surface area (Å²) in [6.45, 7) is 2.26. The second-order valence-corrected chi connectivity index (χ2v) is 8.17. The van der Waals surface area contributed by atoms with Crippen molar-refractivity contribution >= 4 is 17.6 Å². The van der Waals surface area contributed by atoms with E-state index >= 15 is 0 Å². The van der Waals surface area contributed by atoms with Crippen LogP contribution in [0.15, 0.2) is 48.5 Å². The number of hydrogen-bond donors (Lipinski definition) is 2. The molecule has 3 rings (SSSR count). The van der Waals surface area contributed by atoms with Crippen LogP contribution in [0.3, 0.4) is 0 Å². The molecule has 0 heterocycles. The first kappa shape index (κ1) is 21.1. The van der Waals surface area contributed by atoms with E-state index in [1.54, 1.807) is 12.1 Å². The van der Waals surface area contributed by atoms with Gasteiger partial charge in [-0.1, -0.05) is 44.7 Å². The Bertz CT molecular complexity index is 803. The maximum absolute atomic E-state index is 12.5. The molecule has 2 N–H and O–H groups in total. The summed E-state index contributed by atoms with van der Waals surface area (Å²) in [4.78, 5) is 23.4. The van der Waals surface area contributed by atoms with Gasteiger partial charge >= 0.3 is 5.97 Å². The molecule has 0 aliphatic heterocycles. The summed E-state index contributed by atoms with van der Waals surface area (Å²) >= 11 is 0. The largest absolute Gasteiger partial charge is 0.478 e. The molecule has 1 aliphatic carbocycles. The minimum atomic E-state index is -0.978. The number of unbranched alkanes of at least 4 members (excludes halogenated alkanes) is 2. The highest BCUT2D eigenvalue weighted by Crippen LogP contribution is 2.37. The van der Waals surface area contributed by atoms with Crippen LogP contribution < -0.4 is 5.32 Å². The molecule has 1 amide bonds. The summed E-state index contributed by atoms with van der Waals surface area (Å²) in [7, 11) is 0. The fourth-order valence-electron chi connectivity index (χ4n) is 4.27. The molecule has 1 fully saturated rings. The summed E-state index contributed by atoms with van der Waals surface area (Å²) in [5.41, 5.74) is 2.74. The number of carbonyl (C=O) groups excluding carboxylic acids is 1. The lowest BCUT2D eigenvalue weighted by molar-refractivity contribution is 0.0696. The molecule has 4 heteroatoms. The molecule has 154 valence electrons. The molecule has 4 nitrogen and oxygen atoms in total. The van der Waals surface area contributed by atoms with Gasteiger partial charge in [-0.15, -0.1) is 0 Å². The first-order valence-electron chi connectivity index (χ1n) is 10.8. The fourth-order valence-corrected chi connectivity index (χ4v) is 4.27. The van der Waals surface area contributed by atoms with Gasteiger partial charge in [0.2, 0.25) is 0 Å². The molecule has 0 bridgehead atoms. The van der Waals surface area contributed by atoms with Crippen molar-refractivity contribution in [3.8, 4) is 0 Å². The Labute approximate surface area is 173 Å². The standard InChI is InChI=1S/C25H31NO3/c1-2-3-4-5-18-6-8-19(9-7-18)20-10-12-21(13-11-20)24(27)26-23-16-14-22(15-17-23)25(28)29/h10-19H,2-9H2,1H3,(H,26,27)(H,28,29). The van der Waals surface area contributed by atoms with E-state index in [4.69, 9.17) is 5.11 Å². The molecule has 2 aromatic carbocycles. The Balaban J connectivity index is 1.52. The van der Waals surface area contributed by atoms with Crippen molar-refractivity contribution in [2.24, 2.45) is 5.92 Å². The predicted molar refractivity (Wildman–Crippen MR) is 117 cm³/mol. The average molecular weight is 394 g/mol. The summed E-state index contributed by atoms with van der Waals surface area (Å²) in [6, 6.07) is 14.1. The lowest BCUT2D eigenvalue weighted by atomic mass is 9.77. The zero-order chi connectivity index (χ0) is 20.6. The molecule has 0 aromatic heterocycles. The second-order valence-electron chi connectivity index (χ2n) is 8.17. The average Bonchev–Trinajstić information content (AvgIpc) is 2.75. The molecular weight excluding hydrogens is 362 g/mol. The number of nitrogens with one attached hydrogen (secondary N) is 1. The highest BCUT2D eigenvalue weighted by molar-refractivity contribution is 6.04. The van der Waals surface area contributed by atoms with Gasteiger partial charge in [0.15, 0.2) is 0 Å². The van der Waals surface area contributed by atoms with E-state index in [2.05, 4.69) is 24.4 Å². The molecule has 1 saturated carbocycles. The normalized spacial score (nSPS) is 18.9. The third-order valence-electron chi connectivity index (χ3n) is 6.10. The zero-order valence-electron chi connectivity index (χ0n) is 17.2. The minimum Gasteiger partial charge on any atom is -0.478 e. The third-order valence-corrected chi connectivity index (χ3v) is 6.10. The number of anilines is 1. The van der Waals surface area contributed by atoms with Crippen LogP contribution in [0.1, 0.15) is 90.5 Å². The fraction of sp³-hybridized carbons (Fsp3) is 0.440. The van der Waals surface area contributed by atoms with Crippen LogP contribution in [-0.4, -0.2) is 17.0 Å². The maximum atomic E-state index is 12.5. The Morgan fingerprint density at radius 2 is 1.52 bits per heavy atom. The molecule has 1 aliphatic rings. The van der Waals surface area contributed by atoms with Gasteiger partial charge in [-0.25, -0.2) is 4.79 Å². The van der Waals surface area contributed by atoms with Crippen LogP contribution in [0.2, 0.25) is 0 Å². The van der Waals surface area contributed by atoms with Crippen molar-refractivity contribution < 1.29 is 14.7 Å². The highest BCUT2D eigenvalue weighted by Gasteiger charge is 2.22.